The van der Waals surface area contributed by atoms with Crippen LogP contribution in [0.5, 0.6) is 0 Å². The van der Waals surface area contributed by atoms with Gasteiger partial charge in [0.25, 0.3) is 5.91 Å². The minimum atomic E-state index is -0.683. The van der Waals surface area contributed by atoms with E-state index in [1.807, 2.05) is 4.57 Å². The predicted octanol–water partition coefficient (Wildman–Crippen LogP) is 2.03. The van der Waals surface area contributed by atoms with Crippen LogP contribution in [-0.4, -0.2) is 48.4 Å². The van der Waals surface area contributed by atoms with Crippen molar-refractivity contribution in [2.45, 2.75) is 37.9 Å². The molecule has 154 valence electrons. The van der Waals surface area contributed by atoms with Gasteiger partial charge < -0.3 is 14.9 Å². The van der Waals surface area contributed by atoms with Gasteiger partial charge in [-0.3, -0.25) is 9.69 Å². The molecule has 30 heavy (non-hydrogen) atoms. The van der Waals surface area contributed by atoms with Crippen LogP contribution in [0.15, 0.2) is 36.9 Å². The minimum absolute atomic E-state index is 0.212. The number of rotatable bonds is 4. The zero-order valence-corrected chi connectivity index (χ0v) is 15.8. The highest BCUT2D eigenvalue weighted by molar-refractivity contribution is 6.04. The van der Waals surface area contributed by atoms with Crippen LogP contribution in [0.4, 0.5) is 13.6 Å². The molecule has 0 bridgehead atoms. The molecular weight excluding hydrogens is 394 g/mol. The number of hydrogen-bond acceptors (Lipinski definition) is 4. The second-order valence-corrected chi connectivity index (χ2v) is 7.50. The van der Waals surface area contributed by atoms with Crippen LogP contribution in [0.2, 0.25) is 0 Å². The third-order valence-electron chi connectivity index (χ3n) is 5.57. The second-order valence-electron chi connectivity index (χ2n) is 7.50. The van der Waals surface area contributed by atoms with Crippen LogP contribution in [0.25, 0.3) is 11.3 Å². The second kappa shape index (κ2) is 7.05. The van der Waals surface area contributed by atoms with Crippen molar-refractivity contribution in [3.05, 3.63) is 60.1 Å². The number of fused-ring (bicyclic) bond motifs is 1. The van der Waals surface area contributed by atoms with Gasteiger partial charge in [-0.1, -0.05) is 0 Å². The lowest BCUT2D eigenvalue weighted by Crippen LogP contribution is -2.45. The lowest BCUT2D eigenvalue weighted by atomic mass is 10.0. The van der Waals surface area contributed by atoms with Crippen molar-refractivity contribution < 1.29 is 18.4 Å². The Bertz CT molecular complexity index is 1130. The van der Waals surface area contributed by atoms with Crippen LogP contribution in [-0.2, 0) is 24.2 Å². The quantitative estimate of drug-likeness (QED) is 0.641. The first-order valence-electron chi connectivity index (χ1n) is 9.62. The Morgan fingerprint density at radius 2 is 2.10 bits per heavy atom. The van der Waals surface area contributed by atoms with Gasteiger partial charge in [-0.05, 0) is 18.6 Å². The Hall–Kier alpha value is -3.56. The van der Waals surface area contributed by atoms with Gasteiger partial charge in [0.2, 0.25) is 0 Å². The molecule has 4 heterocycles. The van der Waals surface area contributed by atoms with Crippen molar-refractivity contribution in [3.8, 4) is 11.3 Å². The molecule has 10 heteroatoms. The molecule has 2 aliphatic heterocycles. The summed E-state index contributed by atoms with van der Waals surface area (Å²) in [5, 5.41) is 2.74. The summed E-state index contributed by atoms with van der Waals surface area (Å²) in [5.74, 6) is -0.861. The topological polar surface area (TPSA) is 95.9 Å². The number of amides is 3. The standard InChI is InChI=1S/C20H18F2N6O2/c21-11-1-3-14(15(22)5-11)17-9-27-8-13(2-4-18(27)25-17)28-19(29)16(26-20(28)30)6-12-7-23-10-24-12/h1,3,5,7,9-10,13,16H,2,4,6,8H2,(H,23,24)(H,26,30)/t13?,16-/m0/s1. The van der Waals surface area contributed by atoms with Crippen molar-refractivity contribution >= 4 is 11.9 Å². The number of urea groups is 1. The van der Waals surface area contributed by atoms with Crippen molar-refractivity contribution in [1.29, 1.82) is 0 Å². The fourth-order valence-corrected chi connectivity index (χ4v) is 4.11. The number of hydrogen-bond donors (Lipinski definition) is 2. The molecule has 1 aromatic carbocycles. The molecule has 1 saturated heterocycles. The van der Waals surface area contributed by atoms with Gasteiger partial charge in [0.05, 0.1) is 18.1 Å². The first-order chi connectivity index (χ1) is 14.5. The minimum Gasteiger partial charge on any atom is -0.348 e. The zero-order valence-electron chi connectivity index (χ0n) is 15.8. The summed E-state index contributed by atoms with van der Waals surface area (Å²) in [6.45, 7) is 0.376. The fraction of sp³-hybridized carbons (Fsp3) is 0.300. The van der Waals surface area contributed by atoms with Crippen molar-refractivity contribution in [1.82, 2.24) is 29.7 Å². The van der Waals surface area contributed by atoms with Crippen LogP contribution in [0, 0.1) is 11.6 Å². The Labute approximate surface area is 169 Å². The number of imide groups is 1. The average Bonchev–Trinajstić information content (AvgIpc) is 3.42. The number of carbonyl (C=O) groups excluding carboxylic acids is 2. The molecule has 0 radical (unpaired) electrons. The molecule has 3 amide bonds. The number of aromatic nitrogens is 4. The van der Waals surface area contributed by atoms with Crippen molar-refractivity contribution in [2.24, 2.45) is 0 Å². The smallest absolute Gasteiger partial charge is 0.325 e. The highest BCUT2D eigenvalue weighted by atomic mass is 19.1. The van der Waals surface area contributed by atoms with E-state index in [0.29, 0.717) is 31.5 Å². The molecule has 0 spiro atoms. The van der Waals surface area contributed by atoms with Gasteiger partial charge in [0, 0.05) is 49.1 Å². The molecule has 0 saturated carbocycles. The Balaban J connectivity index is 1.35. The highest BCUT2D eigenvalue weighted by Crippen LogP contribution is 2.28. The lowest BCUT2D eigenvalue weighted by molar-refractivity contribution is -0.129. The molecular formula is C20H18F2N6O2. The number of halogens is 2. The predicted molar refractivity (Wildman–Crippen MR) is 101 cm³/mol. The van der Waals surface area contributed by atoms with Gasteiger partial charge in [0.1, 0.15) is 23.5 Å². The third-order valence-corrected chi connectivity index (χ3v) is 5.57. The summed E-state index contributed by atoms with van der Waals surface area (Å²) in [4.78, 5) is 38.0. The van der Waals surface area contributed by atoms with Gasteiger partial charge in [-0.25, -0.2) is 23.5 Å². The first-order valence-corrected chi connectivity index (χ1v) is 9.62. The number of aromatic amines is 1. The van der Waals surface area contributed by atoms with E-state index in [4.69, 9.17) is 0 Å². The normalized spacial score (nSPS) is 21.1. The van der Waals surface area contributed by atoms with E-state index in [-0.39, 0.29) is 17.5 Å². The summed E-state index contributed by atoms with van der Waals surface area (Å²) in [6.07, 6.45) is 6.28. The van der Waals surface area contributed by atoms with Gasteiger partial charge in [-0.15, -0.1) is 0 Å². The average molecular weight is 412 g/mol. The summed E-state index contributed by atoms with van der Waals surface area (Å²) < 4.78 is 29.1. The third kappa shape index (κ3) is 3.14. The van der Waals surface area contributed by atoms with Crippen molar-refractivity contribution in [2.75, 3.05) is 0 Å². The molecule has 1 unspecified atom stereocenters. The summed E-state index contributed by atoms with van der Waals surface area (Å²) in [6, 6.07) is 2.00. The maximum absolute atomic E-state index is 14.1. The molecule has 2 aliphatic rings. The first kappa shape index (κ1) is 18.5. The van der Waals surface area contributed by atoms with Crippen LogP contribution in [0.1, 0.15) is 17.9 Å². The SMILES string of the molecule is O=C1N[C@@H](Cc2cnc[nH]2)C(=O)N1C1CCc2nc(-c3ccc(F)cc3F)cn2C1. The van der Waals surface area contributed by atoms with Crippen LogP contribution in [0.3, 0.4) is 0 Å². The number of nitrogens with zero attached hydrogens (tertiary/aromatic N) is 4. The molecule has 5 rings (SSSR count). The van der Waals surface area contributed by atoms with E-state index in [1.165, 1.54) is 23.4 Å². The van der Waals surface area contributed by atoms with Gasteiger partial charge in [-0.2, -0.15) is 0 Å². The largest absolute Gasteiger partial charge is 0.348 e. The molecule has 8 nitrogen and oxygen atoms in total. The number of imidazole rings is 2. The van der Waals surface area contributed by atoms with E-state index in [1.54, 1.807) is 12.4 Å². The van der Waals surface area contributed by atoms with Crippen molar-refractivity contribution in [3.63, 3.8) is 0 Å². The number of nitrogens with one attached hydrogen (secondary N) is 2. The number of aryl methyl sites for hydroxylation is 1. The Morgan fingerprint density at radius 1 is 1.23 bits per heavy atom. The van der Waals surface area contributed by atoms with E-state index in [9.17, 15) is 18.4 Å². The van der Waals surface area contributed by atoms with Gasteiger partial charge >= 0.3 is 6.03 Å². The number of benzene rings is 1. The highest BCUT2D eigenvalue weighted by Gasteiger charge is 2.43. The fourth-order valence-electron chi connectivity index (χ4n) is 4.11. The zero-order chi connectivity index (χ0) is 20.8. The Kier molecular flexibility index (Phi) is 4.34. The summed E-state index contributed by atoms with van der Waals surface area (Å²) >= 11 is 0. The van der Waals surface area contributed by atoms with E-state index >= 15 is 0 Å². The van der Waals surface area contributed by atoms with Gasteiger partial charge in [0.15, 0.2) is 0 Å². The van der Waals surface area contributed by atoms with E-state index in [0.717, 1.165) is 17.6 Å². The number of carbonyl (C=O) groups is 2. The lowest BCUT2D eigenvalue weighted by Gasteiger charge is -2.29. The maximum atomic E-state index is 14.1. The van der Waals surface area contributed by atoms with Crippen LogP contribution < -0.4 is 5.32 Å². The molecule has 2 N–H and O–H groups in total. The van der Waals surface area contributed by atoms with E-state index < -0.39 is 23.7 Å². The van der Waals surface area contributed by atoms with E-state index in [2.05, 4.69) is 20.3 Å². The van der Waals surface area contributed by atoms with Crippen LogP contribution >= 0.6 is 0 Å². The molecule has 2 atom stereocenters. The maximum Gasteiger partial charge on any atom is 0.325 e. The molecule has 2 aromatic heterocycles. The molecule has 3 aromatic rings. The summed E-state index contributed by atoms with van der Waals surface area (Å²) in [5.41, 5.74) is 1.38. The monoisotopic (exact) mass is 412 g/mol. The molecule has 1 fully saturated rings. The number of H-pyrrole nitrogens is 1. The Morgan fingerprint density at radius 3 is 2.87 bits per heavy atom. The molecule has 0 aliphatic carbocycles. The summed E-state index contributed by atoms with van der Waals surface area (Å²) in [7, 11) is 0.